The summed E-state index contributed by atoms with van der Waals surface area (Å²) in [4.78, 5) is 8.80. The zero-order chi connectivity index (χ0) is 20.5. The third kappa shape index (κ3) is 3.43. The second-order valence-corrected chi connectivity index (χ2v) is 7.00. The maximum absolute atomic E-state index is 13.2. The van der Waals surface area contributed by atoms with Crippen molar-refractivity contribution >= 4 is 28.6 Å². The average molecular weight is 402 g/mol. The van der Waals surface area contributed by atoms with Gasteiger partial charge in [-0.2, -0.15) is 0 Å². The second-order valence-electron chi connectivity index (χ2n) is 7.00. The molecular weight excluding hydrogens is 383 g/mol. The van der Waals surface area contributed by atoms with Gasteiger partial charge in [0.05, 0.1) is 48.1 Å². The summed E-state index contributed by atoms with van der Waals surface area (Å²) in [6, 6.07) is 10.4. The molecule has 0 spiro atoms. The Labute approximate surface area is 172 Å². The molecule has 0 saturated heterocycles. The molecule has 0 unspecified atom stereocenters. The molecule has 30 heavy (non-hydrogen) atoms. The molecule has 0 saturated carbocycles. The van der Waals surface area contributed by atoms with Crippen LogP contribution in [0.1, 0.15) is 11.3 Å². The van der Waals surface area contributed by atoms with E-state index in [9.17, 15) is 4.39 Å². The number of nitrogens with zero attached hydrogens (tertiary/aromatic N) is 5. The van der Waals surface area contributed by atoms with Gasteiger partial charge in [-0.1, -0.05) is 17.3 Å². The molecule has 3 heterocycles. The number of fused-ring (bicyclic) bond motifs is 1. The van der Waals surface area contributed by atoms with Crippen molar-refractivity contribution in [3.8, 4) is 5.69 Å². The molecule has 8 heteroatoms. The molecule has 2 aromatic carbocycles. The Kier molecular flexibility index (Phi) is 4.51. The zero-order valence-electron chi connectivity index (χ0n) is 16.3. The smallest absolute Gasteiger partial charge is 0.191 e. The van der Waals surface area contributed by atoms with Crippen LogP contribution in [0.2, 0.25) is 0 Å². The van der Waals surface area contributed by atoms with Crippen molar-refractivity contribution in [2.24, 2.45) is 4.99 Å². The Morgan fingerprint density at radius 2 is 2.00 bits per heavy atom. The molecule has 0 amide bonds. The SMILES string of the molecule is Cc1cn(-c2ccc(C=CC3=NCCN(c4ccc(F)cc4)N3)c3cnoc23)cn1. The first kappa shape index (κ1) is 18.1. The molecule has 1 aliphatic heterocycles. The number of hydrogen-bond acceptors (Lipinski definition) is 6. The van der Waals surface area contributed by atoms with E-state index in [1.165, 1.54) is 12.1 Å². The molecular formula is C22H19FN6O. The topological polar surface area (TPSA) is 71.5 Å². The number of aromatic nitrogens is 3. The lowest BCUT2D eigenvalue weighted by molar-refractivity contribution is 0.455. The van der Waals surface area contributed by atoms with Crippen LogP contribution in [0.3, 0.4) is 0 Å². The summed E-state index contributed by atoms with van der Waals surface area (Å²) < 4.78 is 20.6. The van der Waals surface area contributed by atoms with E-state index in [0.29, 0.717) is 18.7 Å². The number of benzene rings is 2. The highest BCUT2D eigenvalue weighted by atomic mass is 19.1. The highest BCUT2D eigenvalue weighted by Crippen LogP contribution is 2.27. The number of nitrogens with one attached hydrogen (secondary N) is 1. The van der Waals surface area contributed by atoms with Gasteiger partial charge in [0.25, 0.3) is 0 Å². The van der Waals surface area contributed by atoms with Crippen LogP contribution in [0.15, 0.2) is 70.7 Å². The first-order valence-corrected chi connectivity index (χ1v) is 9.58. The molecule has 5 rings (SSSR count). The van der Waals surface area contributed by atoms with Crippen molar-refractivity contribution in [1.29, 1.82) is 0 Å². The van der Waals surface area contributed by atoms with Crippen LogP contribution in [0.4, 0.5) is 10.1 Å². The summed E-state index contributed by atoms with van der Waals surface area (Å²) in [5.74, 6) is 0.473. The molecule has 1 N–H and O–H groups in total. The summed E-state index contributed by atoms with van der Waals surface area (Å²) in [6.45, 7) is 3.29. The summed E-state index contributed by atoms with van der Waals surface area (Å²) in [6.07, 6.45) is 9.30. The van der Waals surface area contributed by atoms with Crippen LogP contribution < -0.4 is 10.4 Å². The van der Waals surface area contributed by atoms with Gasteiger partial charge >= 0.3 is 0 Å². The molecule has 150 valence electrons. The van der Waals surface area contributed by atoms with E-state index in [1.54, 1.807) is 24.7 Å². The standard InChI is InChI=1S/C22H19FN6O/c1-15-13-28(14-25-15)20-8-2-16(19-12-26-30-22(19)20)3-9-21-24-10-11-29(27-21)18-6-4-17(23)5-7-18/h2-9,12-14H,10-11H2,1H3,(H,24,27). The fourth-order valence-electron chi connectivity index (χ4n) is 3.44. The van der Waals surface area contributed by atoms with Gasteiger partial charge in [0.15, 0.2) is 5.58 Å². The quantitative estimate of drug-likeness (QED) is 0.561. The highest BCUT2D eigenvalue weighted by molar-refractivity contribution is 6.00. The molecule has 1 aliphatic rings. The Balaban J connectivity index is 1.40. The third-order valence-electron chi connectivity index (χ3n) is 4.94. The molecule has 2 aromatic heterocycles. The first-order chi connectivity index (χ1) is 14.7. The van der Waals surface area contributed by atoms with Crippen LogP contribution in [0.25, 0.3) is 22.7 Å². The van der Waals surface area contributed by atoms with Gasteiger partial charge < -0.3 is 9.09 Å². The van der Waals surface area contributed by atoms with Crippen molar-refractivity contribution in [2.45, 2.75) is 6.92 Å². The number of aryl methyl sites for hydroxylation is 1. The van der Waals surface area contributed by atoms with Crippen LogP contribution in [-0.4, -0.2) is 33.6 Å². The number of aliphatic imine (C=N–C) groups is 1. The molecule has 0 fully saturated rings. The number of halogens is 1. The van der Waals surface area contributed by atoms with Crippen molar-refractivity contribution in [2.75, 3.05) is 18.1 Å². The van der Waals surface area contributed by atoms with Gasteiger partial charge in [-0.15, -0.1) is 0 Å². The van der Waals surface area contributed by atoms with Crippen LogP contribution >= 0.6 is 0 Å². The predicted octanol–water partition coefficient (Wildman–Crippen LogP) is 3.90. The molecule has 7 nitrogen and oxygen atoms in total. The van der Waals surface area contributed by atoms with E-state index in [4.69, 9.17) is 4.52 Å². The predicted molar refractivity (Wildman–Crippen MR) is 114 cm³/mol. The number of rotatable bonds is 4. The lowest BCUT2D eigenvalue weighted by Crippen LogP contribution is -2.46. The Morgan fingerprint density at radius 1 is 1.13 bits per heavy atom. The normalized spacial score (nSPS) is 14.3. The van der Waals surface area contributed by atoms with Crippen molar-refractivity contribution in [1.82, 2.24) is 20.1 Å². The van der Waals surface area contributed by atoms with Crippen molar-refractivity contribution in [3.63, 3.8) is 0 Å². The van der Waals surface area contributed by atoms with Crippen LogP contribution in [0, 0.1) is 12.7 Å². The number of hydrogen-bond donors (Lipinski definition) is 1. The highest BCUT2D eigenvalue weighted by Gasteiger charge is 2.14. The Bertz CT molecular complexity index is 1250. The van der Waals surface area contributed by atoms with Gasteiger partial charge in [-0.05, 0) is 48.9 Å². The minimum Gasteiger partial charge on any atom is -0.354 e. The Morgan fingerprint density at radius 3 is 2.80 bits per heavy atom. The number of amidine groups is 1. The van der Waals surface area contributed by atoms with Crippen molar-refractivity contribution in [3.05, 3.63) is 78.3 Å². The number of anilines is 1. The van der Waals surface area contributed by atoms with Gasteiger partial charge in [-0.3, -0.25) is 15.4 Å². The lowest BCUT2D eigenvalue weighted by Gasteiger charge is -2.29. The van der Waals surface area contributed by atoms with Gasteiger partial charge in [0.1, 0.15) is 11.7 Å². The van der Waals surface area contributed by atoms with E-state index < -0.39 is 0 Å². The zero-order valence-corrected chi connectivity index (χ0v) is 16.3. The minimum atomic E-state index is -0.253. The fourth-order valence-corrected chi connectivity index (χ4v) is 3.44. The number of imidazole rings is 1. The van der Waals surface area contributed by atoms with Crippen LogP contribution in [0.5, 0.6) is 0 Å². The maximum atomic E-state index is 13.2. The summed E-state index contributed by atoms with van der Waals surface area (Å²) >= 11 is 0. The number of hydrazine groups is 1. The summed E-state index contributed by atoms with van der Waals surface area (Å²) in [5, 5.41) is 6.84. The molecule has 0 bridgehead atoms. The van der Waals surface area contributed by atoms with Crippen molar-refractivity contribution < 1.29 is 8.91 Å². The minimum absolute atomic E-state index is 0.253. The first-order valence-electron chi connectivity index (χ1n) is 9.58. The maximum Gasteiger partial charge on any atom is 0.191 e. The van der Waals surface area contributed by atoms with Gasteiger partial charge in [0.2, 0.25) is 0 Å². The van der Waals surface area contributed by atoms with E-state index in [0.717, 1.165) is 33.9 Å². The van der Waals surface area contributed by atoms with Crippen LogP contribution in [-0.2, 0) is 0 Å². The molecule has 4 aromatic rings. The van der Waals surface area contributed by atoms with E-state index >= 15 is 0 Å². The van der Waals surface area contributed by atoms with Gasteiger partial charge in [-0.25, -0.2) is 9.37 Å². The Hall–Kier alpha value is -3.94. The molecule has 0 radical (unpaired) electrons. The fraction of sp³-hybridized carbons (Fsp3) is 0.136. The summed E-state index contributed by atoms with van der Waals surface area (Å²) in [7, 11) is 0. The summed E-state index contributed by atoms with van der Waals surface area (Å²) in [5.41, 5.74) is 7.63. The second kappa shape index (κ2) is 7.47. The van der Waals surface area contributed by atoms with Gasteiger partial charge in [0, 0.05) is 6.20 Å². The molecule has 0 atom stereocenters. The average Bonchev–Trinajstić information content (AvgIpc) is 3.42. The van der Waals surface area contributed by atoms with E-state index in [1.807, 2.05) is 47.0 Å². The third-order valence-corrected chi connectivity index (χ3v) is 4.94. The monoisotopic (exact) mass is 402 g/mol. The lowest BCUT2D eigenvalue weighted by atomic mass is 10.1. The molecule has 0 aliphatic carbocycles. The van der Waals surface area contributed by atoms with E-state index in [2.05, 4.69) is 20.6 Å². The van der Waals surface area contributed by atoms with E-state index in [-0.39, 0.29) is 5.82 Å². The largest absolute Gasteiger partial charge is 0.354 e.